The van der Waals surface area contributed by atoms with Crippen molar-refractivity contribution >= 4 is 47.4 Å². The molecule has 4 nitrogen and oxygen atoms in total. The Bertz CT molecular complexity index is 697. The zero-order chi connectivity index (χ0) is 15.6. The number of hydrogen-bond donors (Lipinski definition) is 3. The van der Waals surface area contributed by atoms with Crippen LogP contribution in [0.5, 0.6) is 0 Å². The minimum atomic E-state index is -2.01. The predicted octanol–water partition coefficient (Wildman–Crippen LogP) is 2.06. The molecule has 0 fully saturated rings. The molecule has 0 unspecified atom stereocenters. The number of carbonyl (C=O) groups is 1. The van der Waals surface area contributed by atoms with E-state index in [9.17, 15) is 9.18 Å². The highest BCUT2D eigenvalue weighted by Crippen LogP contribution is 2.29. The van der Waals surface area contributed by atoms with Gasteiger partial charge in [-0.3, -0.25) is 4.79 Å². The molecule has 2 rings (SSSR count). The van der Waals surface area contributed by atoms with Gasteiger partial charge in [0, 0.05) is 11.0 Å². The van der Waals surface area contributed by atoms with Gasteiger partial charge in [0.1, 0.15) is 5.82 Å². The highest BCUT2D eigenvalue weighted by molar-refractivity contribution is 6.58. The van der Waals surface area contributed by atoms with Crippen LogP contribution < -0.4 is 10.8 Å². The lowest BCUT2D eigenvalue weighted by Gasteiger charge is -2.09. The molecule has 0 spiro atoms. The van der Waals surface area contributed by atoms with Crippen LogP contribution in [0.15, 0.2) is 36.4 Å². The van der Waals surface area contributed by atoms with Crippen LogP contribution in [0.3, 0.4) is 0 Å². The minimum absolute atomic E-state index is 0.0514. The molecule has 0 saturated heterocycles. The van der Waals surface area contributed by atoms with E-state index < -0.39 is 18.8 Å². The minimum Gasteiger partial charge on any atom is -0.423 e. The molecule has 0 bridgehead atoms. The van der Waals surface area contributed by atoms with Crippen molar-refractivity contribution < 1.29 is 19.2 Å². The molecule has 21 heavy (non-hydrogen) atoms. The van der Waals surface area contributed by atoms with Gasteiger partial charge in [-0.1, -0.05) is 29.3 Å². The Kier molecular flexibility index (Phi) is 4.85. The summed E-state index contributed by atoms with van der Waals surface area (Å²) in [6, 6.07) is 7.97. The summed E-state index contributed by atoms with van der Waals surface area (Å²) < 4.78 is 13.3. The second kappa shape index (κ2) is 6.45. The topological polar surface area (TPSA) is 69.6 Å². The predicted molar refractivity (Wildman–Crippen MR) is 80.6 cm³/mol. The third-order valence-corrected chi connectivity index (χ3v) is 3.56. The van der Waals surface area contributed by atoms with E-state index >= 15 is 0 Å². The molecule has 108 valence electrons. The van der Waals surface area contributed by atoms with E-state index in [0.717, 1.165) is 12.1 Å². The smallest absolute Gasteiger partial charge is 0.423 e. The lowest BCUT2D eigenvalue weighted by molar-refractivity contribution is 0.102. The van der Waals surface area contributed by atoms with E-state index in [0.29, 0.717) is 5.69 Å². The lowest BCUT2D eigenvalue weighted by atomic mass is 9.79. The number of carbonyl (C=O) groups excluding carboxylic acids is 1. The fourth-order valence-corrected chi connectivity index (χ4v) is 2.03. The van der Waals surface area contributed by atoms with Crippen LogP contribution in [-0.4, -0.2) is 23.1 Å². The molecule has 2 aromatic rings. The quantitative estimate of drug-likeness (QED) is 0.756. The molecule has 0 aromatic heterocycles. The van der Waals surface area contributed by atoms with Crippen molar-refractivity contribution in [2.75, 3.05) is 5.32 Å². The van der Waals surface area contributed by atoms with Crippen LogP contribution in [0, 0.1) is 5.82 Å². The van der Waals surface area contributed by atoms with E-state index in [1.165, 1.54) is 6.07 Å². The van der Waals surface area contributed by atoms with Crippen molar-refractivity contribution in [1.29, 1.82) is 0 Å². The van der Waals surface area contributed by atoms with E-state index in [1.54, 1.807) is 18.2 Å². The maximum atomic E-state index is 13.3. The number of amides is 1. The third-order valence-electron chi connectivity index (χ3n) is 2.74. The number of rotatable bonds is 3. The Morgan fingerprint density at radius 1 is 1.19 bits per heavy atom. The zero-order valence-corrected chi connectivity index (χ0v) is 12.0. The Hall–Kier alpha value is -1.60. The van der Waals surface area contributed by atoms with Crippen LogP contribution in [0.1, 0.15) is 10.4 Å². The average Bonchev–Trinajstić information content (AvgIpc) is 2.44. The maximum absolute atomic E-state index is 13.3. The largest absolute Gasteiger partial charge is 0.491 e. The molecule has 0 aliphatic heterocycles. The molecular weight excluding hydrogens is 319 g/mol. The molecule has 3 N–H and O–H groups in total. The normalized spacial score (nSPS) is 10.3. The highest BCUT2D eigenvalue weighted by atomic mass is 35.5. The van der Waals surface area contributed by atoms with Crippen LogP contribution in [0.2, 0.25) is 10.0 Å². The summed E-state index contributed by atoms with van der Waals surface area (Å²) in [5.41, 5.74) is -0.0417. The van der Waals surface area contributed by atoms with Gasteiger partial charge in [-0.05, 0) is 30.3 Å². The fraction of sp³-hybridized carbons (Fsp3) is 0. The molecule has 0 saturated carbocycles. The van der Waals surface area contributed by atoms with Gasteiger partial charge in [0.25, 0.3) is 5.91 Å². The first kappa shape index (κ1) is 15.8. The van der Waals surface area contributed by atoms with Gasteiger partial charge in [-0.25, -0.2) is 4.39 Å². The fourth-order valence-electron chi connectivity index (χ4n) is 1.68. The van der Waals surface area contributed by atoms with Gasteiger partial charge in [0.15, 0.2) is 0 Å². The monoisotopic (exact) mass is 327 g/mol. The molecule has 1 amide bonds. The standard InChI is InChI=1S/C13H9BCl2FNO3/c15-9-2-1-3-11(12(9)16)18-13(19)7-4-5-10(17)8(6-7)14(20)21/h1-6,20-21H,(H,18,19). The van der Waals surface area contributed by atoms with Crippen molar-refractivity contribution in [3.8, 4) is 0 Å². The second-order valence-electron chi connectivity index (χ2n) is 4.17. The Labute approximate surface area is 130 Å². The van der Waals surface area contributed by atoms with E-state index in [4.69, 9.17) is 33.2 Å². The second-order valence-corrected chi connectivity index (χ2v) is 4.95. The van der Waals surface area contributed by atoms with Gasteiger partial charge in [0.2, 0.25) is 0 Å². The first-order chi connectivity index (χ1) is 9.90. The summed E-state index contributed by atoms with van der Waals surface area (Å²) in [6.45, 7) is 0. The highest BCUT2D eigenvalue weighted by Gasteiger charge is 2.19. The number of anilines is 1. The Morgan fingerprint density at radius 3 is 2.57 bits per heavy atom. The molecule has 0 atom stereocenters. The van der Waals surface area contributed by atoms with Crippen molar-refractivity contribution in [3.05, 3.63) is 57.8 Å². The van der Waals surface area contributed by atoms with Gasteiger partial charge >= 0.3 is 7.12 Å². The number of halogens is 3. The van der Waals surface area contributed by atoms with Crippen molar-refractivity contribution in [1.82, 2.24) is 0 Å². The number of hydrogen-bond acceptors (Lipinski definition) is 3. The van der Waals surface area contributed by atoms with Gasteiger partial charge < -0.3 is 15.4 Å². The SMILES string of the molecule is O=C(Nc1cccc(Cl)c1Cl)c1ccc(F)c(B(O)O)c1. The van der Waals surface area contributed by atoms with Crippen molar-refractivity contribution in [3.63, 3.8) is 0 Å². The van der Waals surface area contributed by atoms with Crippen molar-refractivity contribution in [2.24, 2.45) is 0 Å². The molecule has 0 aliphatic carbocycles. The summed E-state index contributed by atoms with van der Waals surface area (Å²) in [5, 5.41) is 21.0. The number of nitrogens with one attached hydrogen (secondary N) is 1. The zero-order valence-electron chi connectivity index (χ0n) is 10.5. The van der Waals surface area contributed by atoms with Gasteiger partial charge in [0.05, 0.1) is 15.7 Å². The van der Waals surface area contributed by atoms with Crippen LogP contribution in [0.4, 0.5) is 10.1 Å². The Balaban J connectivity index is 2.29. The van der Waals surface area contributed by atoms with Crippen LogP contribution in [-0.2, 0) is 0 Å². The van der Waals surface area contributed by atoms with Crippen molar-refractivity contribution in [2.45, 2.75) is 0 Å². The summed E-state index contributed by atoms with van der Waals surface area (Å²) in [4.78, 5) is 12.1. The molecule has 8 heteroatoms. The molecule has 2 aromatic carbocycles. The molecule has 0 heterocycles. The molecular formula is C13H9BCl2FNO3. The maximum Gasteiger partial charge on any atom is 0.491 e. The summed E-state index contributed by atoms with van der Waals surface area (Å²) in [6.07, 6.45) is 0. The summed E-state index contributed by atoms with van der Waals surface area (Å²) in [5.74, 6) is -1.40. The summed E-state index contributed by atoms with van der Waals surface area (Å²) in [7, 11) is -2.01. The first-order valence-electron chi connectivity index (χ1n) is 5.81. The van der Waals surface area contributed by atoms with Crippen LogP contribution in [0.25, 0.3) is 0 Å². The Morgan fingerprint density at radius 2 is 1.90 bits per heavy atom. The molecule has 0 aliphatic rings. The van der Waals surface area contributed by atoms with Crippen LogP contribution >= 0.6 is 23.2 Å². The summed E-state index contributed by atoms with van der Waals surface area (Å²) >= 11 is 11.8. The lowest BCUT2D eigenvalue weighted by Crippen LogP contribution is -2.33. The average molecular weight is 328 g/mol. The van der Waals surface area contributed by atoms with E-state index in [2.05, 4.69) is 5.32 Å². The third kappa shape index (κ3) is 3.54. The number of benzene rings is 2. The van der Waals surface area contributed by atoms with Gasteiger partial charge in [-0.2, -0.15) is 0 Å². The molecule has 0 radical (unpaired) electrons. The van der Waals surface area contributed by atoms with Gasteiger partial charge in [-0.15, -0.1) is 0 Å². The van der Waals surface area contributed by atoms with E-state index in [1.807, 2.05) is 0 Å². The first-order valence-corrected chi connectivity index (χ1v) is 6.56. The van der Waals surface area contributed by atoms with E-state index in [-0.39, 0.29) is 21.1 Å².